The van der Waals surface area contributed by atoms with Gasteiger partial charge in [-0.2, -0.15) is 0 Å². The van der Waals surface area contributed by atoms with Crippen LogP contribution in [0.2, 0.25) is 0 Å². The Kier molecular flexibility index (Phi) is 67.2. The van der Waals surface area contributed by atoms with Gasteiger partial charge in [0.25, 0.3) is 0 Å². The molecule has 0 aliphatic carbocycles. The first-order valence-corrected chi connectivity index (χ1v) is 43.2. The van der Waals surface area contributed by atoms with Crippen LogP contribution in [-0.4, -0.2) is 96.7 Å². The van der Waals surface area contributed by atoms with Crippen molar-refractivity contribution in [1.29, 1.82) is 0 Å². The predicted octanol–water partition coefficient (Wildman–Crippen LogP) is 22.9. The molecule has 0 aromatic heterocycles. The largest absolute Gasteiger partial charge is 0.472 e. The summed E-state index contributed by atoms with van der Waals surface area (Å²) in [5.74, 6) is 0.129. The Balaban J connectivity index is 5.28. The highest BCUT2D eigenvalue weighted by Gasteiger charge is 2.30. The number of hydrogen-bond acceptors (Lipinski definition) is 15. The molecule has 17 nitrogen and oxygen atoms in total. The molecule has 0 saturated carbocycles. The molecule has 0 fully saturated rings. The Morgan fingerprint density at radius 3 is 0.827 bits per heavy atom. The standard InChI is InChI=1S/C79H150O17P2/c1-8-9-10-11-12-13-14-15-18-22-27-32-39-46-53-60-76(81)89-66-74(95-78(83)62-55-48-40-33-28-23-20-17-16-19-21-25-30-36-43-50-57-70(2)3)68-93-97(85,86)91-64-73(80)65-92-98(87,88)94-69-75(67-90-77(82)61-54-47-42-35-38-45-52-59-72(6)7)96-79(84)63-56-49-41-34-29-24-26-31-37-44-51-58-71(4)5/h13-15,18,70-75,80H,8-12,16-17,19-69H2,1-7H3,(H,85,86)(H,87,88)/b14-13-,18-15-/t73?,74-,75-/m1/s1. The van der Waals surface area contributed by atoms with Gasteiger partial charge >= 0.3 is 39.5 Å². The monoisotopic (exact) mass is 1430 g/mol. The van der Waals surface area contributed by atoms with Crippen LogP contribution in [0.25, 0.3) is 0 Å². The minimum Gasteiger partial charge on any atom is -0.462 e. The topological polar surface area (TPSA) is 237 Å². The fourth-order valence-electron chi connectivity index (χ4n) is 11.6. The first-order chi connectivity index (χ1) is 47.2. The van der Waals surface area contributed by atoms with E-state index >= 15 is 0 Å². The maximum atomic E-state index is 13.1. The van der Waals surface area contributed by atoms with Gasteiger partial charge in [-0.3, -0.25) is 37.3 Å². The maximum absolute atomic E-state index is 13.1. The molecular formula is C79H150O17P2. The van der Waals surface area contributed by atoms with Crippen molar-refractivity contribution in [3.63, 3.8) is 0 Å². The molecule has 0 rings (SSSR count). The first-order valence-electron chi connectivity index (χ1n) is 40.2. The lowest BCUT2D eigenvalue weighted by molar-refractivity contribution is -0.161. The molecule has 0 spiro atoms. The highest BCUT2D eigenvalue weighted by molar-refractivity contribution is 7.47. The van der Waals surface area contributed by atoms with Crippen LogP contribution in [0.4, 0.5) is 0 Å². The Morgan fingerprint density at radius 1 is 0.316 bits per heavy atom. The molecule has 0 aromatic rings. The van der Waals surface area contributed by atoms with E-state index in [4.69, 9.17) is 37.0 Å². The van der Waals surface area contributed by atoms with Gasteiger partial charge in [0.2, 0.25) is 0 Å². The highest BCUT2D eigenvalue weighted by Crippen LogP contribution is 2.45. The minimum atomic E-state index is -4.97. The number of carbonyl (C=O) groups is 4. The van der Waals surface area contributed by atoms with Crippen LogP contribution in [0, 0.1) is 17.8 Å². The fourth-order valence-corrected chi connectivity index (χ4v) is 13.2. The molecule has 0 amide bonds. The Labute approximate surface area is 599 Å². The highest BCUT2D eigenvalue weighted by atomic mass is 31.2. The minimum absolute atomic E-state index is 0.101. The van der Waals surface area contributed by atoms with E-state index in [1.165, 1.54) is 167 Å². The third-order valence-corrected chi connectivity index (χ3v) is 19.7. The van der Waals surface area contributed by atoms with Gasteiger partial charge in [0.1, 0.15) is 19.3 Å². The summed E-state index contributed by atoms with van der Waals surface area (Å²) in [4.78, 5) is 72.9. The number of aliphatic hydroxyl groups is 1. The number of phosphoric acid groups is 2. The van der Waals surface area contributed by atoms with Crippen molar-refractivity contribution in [2.75, 3.05) is 39.6 Å². The smallest absolute Gasteiger partial charge is 0.462 e. The molecule has 0 heterocycles. The molecule has 5 atom stereocenters. The van der Waals surface area contributed by atoms with Gasteiger partial charge in [-0.1, -0.05) is 330 Å². The lowest BCUT2D eigenvalue weighted by atomic mass is 10.0. The zero-order chi connectivity index (χ0) is 72.3. The van der Waals surface area contributed by atoms with Gasteiger partial charge in [0.05, 0.1) is 26.4 Å². The van der Waals surface area contributed by atoms with Crippen LogP contribution in [0.15, 0.2) is 24.3 Å². The zero-order valence-corrected chi connectivity index (χ0v) is 65.5. The van der Waals surface area contributed by atoms with E-state index in [0.717, 1.165) is 127 Å². The van der Waals surface area contributed by atoms with Crippen LogP contribution in [0.1, 0.15) is 382 Å². The van der Waals surface area contributed by atoms with Gasteiger partial charge < -0.3 is 33.8 Å². The molecule has 0 saturated heterocycles. The summed E-state index contributed by atoms with van der Waals surface area (Å²) in [5.41, 5.74) is 0. The van der Waals surface area contributed by atoms with Crippen LogP contribution in [0.3, 0.4) is 0 Å². The Morgan fingerprint density at radius 2 is 0.551 bits per heavy atom. The Bertz CT molecular complexity index is 2000. The summed E-state index contributed by atoms with van der Waals surface area (Å²) in [6, 6.07) is 0. The molecule has 0 aliphatic heterocycles. The molecule has 98 heavy (non-hydrogen) atoms. The van der Waals surface area contributed by atoms with E-state index in [9.17, 15) is 43.2 Å². The number of esters is 4. The third kappa shape index (κ3) is 71.9. The normalized spacial score (nSPS) is 14.2. The van der Waals surface area contributed by atoms with Crippen molar-refractivity contribution in [2.24, 2.45) is 17.8 Å². The van der Waals surface area contributed by atoms with Crippen molar-refractivity contribution in [1.82, 2.24) is 0 Å². The maximum Gasteiger partial charge on any atom is 0.472 e. The van der Waals surface area contributed by atoms with Crippen LogP contribution >= 0.6 is 15.6 Å². The Hall–Kier alpha value is -2.46. The molecule has 0 bridgehead atoms. The number of rotatable bonds is 75. The number of unbranched alkanes of at least 4 members (excludes halogenated alkanes) is 40. The van der Waals surface area contributed by atoms with Crippen molar-refractivity contribution in [3.05, 3.63) is 24.3 Å². The fraction of sp³-hybridized carbons (Fsp3) is 0.899. The SMILES string of the molecule is CCCCCC/C=C\C=C/CCCCCCCC(=O)OC[C@H](COP(=O)(O)OCC(O)COP(=O)(O)OC[C@@H](COC(=O)CCCCCCCCCC(C)C)OC(=O)CCCCCCCCCCCCCC(C)C)OC(=O)CCCCCCCCCCCCCCCCCCC(C)C. The van der Waals surface area contributed by atoms with Gasteiger partial charge in [-0.05, 0) is 69.1 Å². The summed E-state index contributed by atoms with van der Waals surface area (Å²) < 4.78 is 68.6. The number of phosphoric ester groups is 2. The molecular weight excluding hydrogens is 1280 g/mol. The predicted molar refractivity (Wildman–Crippen MR) is 400 cm³/mol. The van der Waals surface area contributed by atoms with Gasteiger partial charge in [0.15, 0.2) is 12.2 Å². The number of allylic oxidation sites excluding steroid dienone is 4. The van der Waals surface area contributed by atoms with Gasteiger partial charge in [-0.25, -0.2) is 9.13 Å². The van der Waals surface area contributed by atoms with Crippen LogP contribution < -0.4 is 0 Å². The summed E-state index contributed by atoms with van der Waals surface area (Å²) in [7, 11) is -9.93. The van der Waals surface area contributed by atoms with Crippen molar-refractivity contribution < 1.29 is 80.2 Å². The van der Waals surface area contributed by atoms with Gasteiger partial charge in [-0.15, -0.1) is 0 Å². The number of aliphatic hydroxyl groups excluding tert-OH is 1. The molecule has 578 valence electrons. The molecule has 0 radical (unpaired) electrons. The van der Waals surface area contributed by atoms with E-state index < -0.39 is 97.5 Å². The molecule has 0 aromatic carbocycles. The summed E-state index contributed by atoms with van der Waals surface area (Å²) in [5, 5.41) is 10.6. The number of hydrogen-bond donors (Lipinski definition) is 3. The van der Waals surface area contributed by atoms with Crippen molar-refractivity contribution in [2.45, 2.75) is 401 Å². The van der Waals surface area contributed by atoms with E-state index in [2.05, 4.69) is 72.8 Å². The molecule has 3 N–H and O–H groups in total. The molecule has 19 heteroatoms. The van der Waals surface area contributed by atoms with E-state index in [0.29, 0.717) is 31.6 Å². The molecule has 0 aliphatic rings. The summed E-state index contributed by atoms with van der Waals surface area (Å²) in [6.07, 6.45) is 59.2. The second-order valence-corrected chi connectivity index (χ2v) is 32.1. The van der Waals surface area contributed by atoms with E-state index in [1.807, 2.05) is 0 Å². The van der Waals surface area contributed by atoms with Crippen molar-refractivity contribution >= 4 is 39.5 Å². The van der Waals surface area contributed by atoms with Crippen molar-refractivity contribution in [3.8, 4) is 0 Å². The zero-order valence-electron chi connectivity index (χ0n) is 63.7. The third-order valence-electron chi connectivity index (χ3n) is 17.8. The quantitative estimate of drug-likeness (QED) is 0.0169. The number of ether oxygens (including phenoxy) is 4. The molecule has 3 unspecified atom stereocenters. The second kappa shape index (κ2) is 68.9. The van der Waals surface area contributed by atoms with E-state index in [-0.39, 0.29) is 25.7 Å². The lowest BCUT2D eigenvalue weighted by Crippen LogP contribution is -2.30. The number of carbonyl (C=O) groups excluding carboxylic acids is 4. The van der Waals surface area contributed by atoms with Gasteiger partial charge in [0, 0.05) is 25.7 Å². The lowest BCUT2D eigenvalue weighted by Gasteiger charge is -2.21. The summed E-state index contributed by atoms with van der Waals surface area (Å²) >= 11 is 0. The van der Waals surface area contributed by atoms with Crippen LogP contribution in [0.5, 0.6) is 0 Å². The summed E-state index contributed by atoms with van der Waals surface area (Å²) in [6.45, 7) is 11.8. The average molecular weight is 1430 g/mol. The van der Waals surface area contributed by atoms with E-state index in [1.54, 1.807) is 0 Å². The second-order valence-electron chi connectivity index (χ2n) is 29.2. The first kappa shape index (κ1) is 95.5. The average Bonchev–Trinajstić information content (AvgIpc) is 1.01. The van der Waals surface area contributed by atoms with Crippen LogP contribution in [-0.2, 0) is 65.4 Å².